The fourth-order valence-electron chi connectivity index (χ4n) is 4.08. The number of sulfonamides is 1. The molecule has 0 aliphatic carbocycles. The number of carbonyl (C=O) groups is 1. The van der Waals surface area contributed by atoms with Crippen LogP contribution in [0.5, 0.6) is 0 Å². The number of amides is 1. The van der Waals surface area contributed by atoms with E-state index in [2.05, 4.69) is 4.98 Å². The predicted octanol–water partition coefficient (Wildman–Crippen LogP) is 1.33. The monoisotopic (exact) mass is 463 g/mol. The molecule has 0 N–H and O–H groups in total. The van der Waals surface area contributed by atoms with Crippen LogP contribution in [0.25, 0.3) is 11.3 Å². The summed E-state index contributed by atoms with van der Waals surface area (Å²) in [5, 5.41) is -0.878. The van der Waals surface area contributed by atoms with Gasteiger partial charge in [-0.05, 0) is 25.5 Å². The molecule has 2 aliphatic rings. The minimum Gasteiger partial charge on any atom is -0.336 e. The summed E-state index contributed by atoms with van der Waals surface area (Å²) in [6.07, 6.45) is 0.141. The average Bonchev–Trinajstić information content (AvgIpc) is 3.14. The van der Waals surface area contributed by atoms with Crippen LogP contribution in [0.4, 0.5) is 0 Å². The Balaban J connectivity index is 1.43. The van der Waals surface area contributed by atoms with E-state index in [9.17, 15) is 21.6 Å². The highest BCUT2D eigenvalue weighted by Gasteiger charge is 2.41. The van der Waals surface area contributed by atoms with Gasteiger partial charge in [0.2, 0.25) is 10.0 Å². The van der Waals surface area contributed by atoms with E-state index in [4.69, 9.17) is 0 Å². The molecule has 2 aromatic rings. The topological polar surface area (TPSA) is 105 Å². The van der Waals surface area contributed by atoms with Crippen molar-refractivity contribution in [3.8, 4) is 11.3 Å². The van der Waals surface area contributed by atoms with E-state index in [1.165, 1.54) is 4.31 Å². The lowest BCUT2D eigenvalue weighted by atomic mass is 10.1. The summed E-state index contributed by atoms with van der Waals surface area (Å²) in [4.78, 5) is 19.2. The number of hydrogen-bond acceptors (Lipinski definition) is 6. The molecule has 1 amide bonds. The summed E-state index contributed by atoms with van der Waals surface area (Å²) in [5.74, 6) is -0.571. The number of nitrogens with zero attached hydrogens (tertiary/aromatic N) is 3. The van der Waals surface area contributed by atoms with Gasteiger partial charge in [-0.1, -0.05) is 30.3 Å². The van der Waals surface area contributed by atoms with Crippen LogP contribution in [0.2, 0.25) is 0 Å². The van der Waals surface area contributed by atoms with Crippen LogP contribution in [0.1, 0.15) is 22.5 Å². The van der Waals surface area contributed by atoms with E-state index in [1.807, 2.05) is 36.4 Å². The van der Waals surface area contributed by atoms with Gasteiger partial charge < -0.3 is 4.90 Å². The van der Waals surface area contributed by atoms with Gasteiger partial charge in [0, 0.05) is 31.7 Å². The van der Waals surface area contributed by atoms with Crippen molar-refractivity contribution in [1.29, 1.82) is 0 Å². The van der Waals surface area contributed by atoms with Gasteiger partial charge in [-0.25, -0.2) is 16.8 Å². The van der Waals surface area contributed by atoms with E-state index < -0.39 is 25.1 Å². The zero-order valence-corrected chi connectivity index (χ0v) is 18.9. The molecule has 0 bridgehead atoms. The first-order chi connectivity index (χ1) is 14.7. The molecule has 1 aromatic carbocycles. The van der Waals surface area contributed by atoms with Crippen molar-refractivity contribution in [2.24, 2.45) is 0 Å². The van der Waals surface area contributed by atoms with Crippen LogP contribution >= 0.6 is 0 Å². The molecule has 2 saturated heterocycles. The smallest absolute Gasteiger partial charge is 0.255 e. The Bertz CT molecular complexity index is 1190. The molecule has 1 aromatic heterocycles. The summed E-state index contributed by atoms with van der Waals surface area (Å²) < 4.78 is 50.3. The van der Waals surface area contributed by atoms with E-state index in [0.717, 1.165) is 11.3 Å². The summed E-state index contributed by atoms with van der Waals surface area (Å²) in [6.45, 7) is 2.65. The maximum absolute atomic E-state index is 13.0. The van der Waals surface area contributed by atoms with E-state index in [1.54, 1.807) is 17.9 Å². The second kappa shape index (κ2) is 8.33. The Labute approximate surface area is 182 Å². The Morgan fingerprint density at radius 3 is 2.29 bits per heavy atom. The fraction of sp³-hybridized carbons (Fsp3) is 0.429. The lowest BCUT2D eigenvalue weighted by Gasteiger charge is -2.35. The average molecular weight is 464 g/mol. The lowest BCUT2D eigenvalue weighted by Crippen LogP contribution is -2.52. The molecule has 1 atom stereocenters. The zero-order chi connectivity index (χ0) is 22.2. The quantitative estimate of drug-likeness (QED) is 0.678. The van der Waals surface area contributed by atoms with Crippen LogP contribution in [0.15, 0.2) is 42.5 Å². The first-order valence-electron chi connectivity index (χ1n) is 10.2. The number of sulfone groups is 1. The Kier molecular flexibility index (Phi) is 5.89. The van der Waals surface area contributed by atoms with Crippen LogP contribution < -0.4 is 0 Å². The van der Waals surface area contributed by atoms with Gasteiger partial charge in [-0.2, -0.15) is 4.31 Å². The Hall–Kier alpha value is -2.30. The molecular weight excluding hydrogens is 438 g/mol. The molecule has 2 aliphatic heterocycles. The fourth-order valence-corrected chi connectivity index (χ4v) is 8.59. The molecule has 8 nitrogen and oxygen atoms in total. The molecule has 0 radical (unpaired) electrons. The summed E-state index contributed by atoms with van der Waals surface area (Å²) >= 11 is 0. The summed E-state index contributed by atoms with van der Waals surface area (Å²) in [7, 11) is -6.97. The van der Waals surface area contributed by atoms with E-state index >= 15 is 0 Å². The van der Waals surface area contributed by atoms with Crippen molar-refractivity contribution in [3.63, 3.8) is 0 Å². The maximum atomic E-state index is 13.0. The van der Waals surface area contributed by atoms with E-state index in [-0.39, 0.29) is 50.0 Å². The van der Waals surface area contributed by atoms with Gasteiger partial charge in [0.25, 0.3) is 5.91 Å². The Morgan fingerprint density at radius 2 is 1.71 bits per heavy atom. The number of benzene rings is 1. The second-order valence-electron chi connectivity index (χ2n) is 7.96. The number of aryl methyl sites for hydroxylation is 1. The van der Waals surface area contributed by atoms with Crippen molar-refractivity contribution in [2.75, 3.05) is 37.7 Å². The highest BCUT2D eigenvalue weighted by Crippen LogP contribution is 2.24. The third-order valence-electron chi connectivity index (χ3n) is 5.88. The minimum atomic E-state index is -3.69. The molecule has 10 heteroatoms. The van der Waals surface area contributed by atoms with E-state index in [0.29, 0.717) is 11.3 Å². The highest BCUT2D eigenvalue weighted by atomic mass is 32.2. The molecule has 166 valence electrons. The first kappa shape index (κ1) is 21.9. The van der Waals surface area contributed by atoms with Gasteiger partial charge >= 0.3 is 0 Å². The zero-order valence-electron chi connectivity index (χ0n) is 17.3. The van der Waals surface area contributed by atoms with Crippen molar-refractivity contribution < 1.29 is 21.6 Å². The van der Waals surface area contributed by atoms with Crippen LogP contribution in [-0.4, -0.2) is 79.9 Å². The maximum Gasteiger partial charge on any atom is 0.255 e. The third kappa shape index (κ3) is 4.51. The second-order valence-corrected chi connectivity index (χ2v) is 12.4. The molecule has 4 rings (SSSR count). The van der Waals surface area contributed by atoms with Gasteiger partial charge in [-0.15, -0.1) is 0 Å². The van der Waals surface area contributed by atoms with Gasteiger partial charge in [0.1, 0.15) is 0 Å². The molecule has 31 heavy (non-hydrogen) atoms. The standard InChI is InChI=1S/C21H25N3O5S2/c1-16-19(7-8-20(22-16)17-5-3-2-4-6-17)21(25)23-10-12-24(13-11-23)31(28,29)18-9-14-30(26,27)15-18/h2-8,18H,9-15H2,1H3. The number of carbonyl (C=O) groups excluding carboxylic acids is 1. The highest BCUT2D eigenvalue weighted by molar-refractivity contribution is 7.95. The van der Waals surface area contributed by atoms with Crippen LogP contribution in [-0.2, 0) is 19.9 Å². The van der Waals surface area contributed by atoms with Gasteiger partial charge in [0.15, 0.2) is 9.84 Å². The molecule has 0 spiro atoms. The number of pyridine rings is 1. The third-order valence-corrected chi connectivity index (χ3v) is 10.2. The molecule has 3 heterocycles. The SMILES string of the molecule is Cc1nc(-c2ccccc2)ccc1C(=O)N1CCN(S(=O)(=O)C2CCS(=O)(=O)C2)CC1. The largest absolute Gasteiger partial charge is 0.336 e. The number of aromatic nitrogens is 1. The van der Waals surface area contributed by atoms with Crippen LogP contribution in [0, 0.1) is 6.92 Å². The molecular formula is C21H25N3O5S2. The van der Waals surface area contributed by atoms with Crippen molar-refractivity contribution in [3.05, 3.63) is 53.7 Å². The summed E-state index contributed by atoms with van der Waals surface area (Å²) in [6, 6.07) is 13.3. The molecule has 0 saturated carbocycles. The number of hydrogen-bond donors (Lipinski definition) is 0. The number of piperazine rings is 1. The van der Waals surface area contributed by atoms with Crippen molar-refractivity contribution in [1.82, 2.24) is 14.2 Å². The van der Waals surface area contributed by atoms with Gasteiger partial charge in [0.05, 0.1) is 33.7 Å². The Morgan fingerprint density at radius 1 is 1.03 bits per heavy atom. The van der Waals surface area contributed by atoms with Crippen molar-refractivity contribution >= 4 is 25.8 Å². The van der Waals surface area contributed by atoms with Gasteiger partial charge in [-0.3, -0.25) is 9.78 Å². The van der Waals surface area contributed by atoms with Crippen LogP contribution in [0.3, 0.4) is 0 Å². The first-order valence-corrected chi connectivity index (χ1v) is 13.5. The normalized spacial score (nSPS) is 21.8. The molecule has 1 unspecified atom stereocenters. The summed E-state index contributed by atoms with van der Waals surface area (Å²) in [5.41, 5.74) is 2.88. The predicted molar refractivity (Wildman–Crippen MR) is 118 cm³/mol. The minimum absolute atomic E-state index is 0.0827. The molecule has 2 fully saturated rings. The van der Waals surface area contributed by atoms with Crippen molar-refractivity contribution in [2.45, 2.75) is 18.6 Å². The number of rotatable bonds is 4. The lowest BCUT2D eigenvalue weighted by molar-refractivity contribution is 0.0696.